The van der Waals surface area contributed by atoms with Crippen LogP contribution in [0.5, 0.6) is 5.75 Å². The van der Waals surface area contributed by atoms with Crippen LogP contribution < -0.4 is 11.2 Å². The van der Waals surface area contributed by atoms with Gasteiger partial charge in [0.1, 0.15) is 10.3 Å². The lowest BCUT2D eigenvalue weighted by Gasteiger charge is -2.13. The van der Waals surface area contributed by atoms with Gasteiger partial charge in [0.25, 0.3) is 5.56 Å². The van der Waals surface area contributed by atoms with Gasteiger partial charge >= 0.3 is 5.63 Å². The molecule has 0 unspecified atom stereocenters. The Morgan fingerprint density at radius 3 is 2.68 bits per heavy atom. The molecular formula is C21H16ClNO4S. The normalized spacial score (nSPS) is 11.4. The summed E-state index contributed by atoms with van der Waals surface area (Å²) < 4.78 is 7.09. The second-order valence-corrected chi connectivity index (χ2v) is 7.92. The van der Waals surface area contributed by atoms with E-state index in [0.717, 1.165) is 17.3 Å². The molecule has 0 aliphatic carbocycles. The van der Waals surface area contributed by atoms with E-state index in [4.69, 9.17) is 16.0 Å². The van der Waals surface area contributed by atoms with Crippen molar-refractivity contribution in [2.45, 2.75) is 30.2 Å². The van der Waals surface area contributed by atoms with E-state index in [2.05, 4.69) is 0 Å². The molecule has 0 atom stereocenters. The Hall–Kier alpha value is -2.70. The SMILES string of the molecule is CCn1c(=O)c2c(O)c(Sc3cccc(Cl)c3)c(=O)oc2c2ccc(C)cc21. The second kappa shape index (κ2) is 7.04. The summed E-state index contributed by atoms with van der Waals surface area (Å²) in [5.41, 5.74) is 0.642. The third-order valence-corrected chi connectivity index (χ3v) is 5.83. The molecule has 5 nitrogen and oxygen atoms in total. The zero-order chi connectivity index (χ0) is 20.0. The van der Waals surface area contributed by atoms with Crippen LogP contribution >= 0.6 is 23.4 Å². The smallest absolute Gasteiger partial charge is 0.354 e. The molecule has 0 saturated carbocycles. The zero-order valence-electron chi connectivity index (χ0n) is 15.2. The number of halogens is 1. The average molecular weight is 414 g/mol. The van der Waals surface area contributed by atoms with Gasteiger partial charge in [0, 0.05) is 21.8 Å². The van der Waals surface area contributed by atoms with Gasteiger partial charge in [-0.05, 0) is 49.7 Å². The van der Waals surface area contributed by atoms with Crippen LogP contribution in [0.1, 0.15) is 12.5 Å². The fraction of sp³-hybridized carbons (Fsp3) is 0.143. The molecule has 0 fully saturated rings. The Labute approximate surface area is 169 Å². The molecule has 0 aliphatic rings. The second-order valence-electron chi connectivity index (χ2n) is 6.40. The van der Waals surface area contributed by atoms with Crippen molar-refractivity contribution in [3.63, 3.8) is 0 Å². The molecule has 28 heavy (non-hydrogen) atoms. The van der Waals surface area contributed by atoms with Crippen LogP contribution in [-0.4, -0.2) is 9.67 Å². The Balaban J connectivity index is 2.07. The van der Waals surface area contributed by atoms with Crippen LogP contribution in [0.2, 0.25) is 5.02 Å². The number of aromatic nitrogens is 1. The molecule has 0 bridgehead atoms. The lowest BCUT2D eigenvalue weighted by atomic mass is 10.1. The maximum absolute atomic E-state index is 13.1. The largest absolute Gasteiger partial charge is 0.505 e. The van der Waals surface area contributed by atoms with E-state index < -0.39 is 11.2 Å². The van der Waals surface area contributed by atoms with Gasteiger partial charge in [-0.2, -0.15) is 0 Å². The third kappa shape index (κ3) is 2.99. The summed E-state index contributed by atoms with van der Waals surface area (Å²) in [5.74, 6) is -0.370. The first kappa shape index (κ1) is 18.7. The van der Waals surface area contributed by atoms with Crippen molar-refractivity contribution in [3.8, 4) is 5.75 Å². The van der Waals surface area contributed by atoms with Crippen LogP contribution in [0.4, 0.5) is 0 Å². The molecule has 2 aromatic carbocycles. The molecule has 2 heterocycles. The molecule has 0 spiro atoms. The quantitative estimate of drug-likeness (QED) is 0.481. The number of rotatable bonds is 3. The first-order chi connectivity index (χ1) is 13.4. The number of aryl methyl sites for hydroxylation is 2. The number of fused-ring (bicyclic) bond motifs is 3. The number of aromatic hydroxyl groups is 1. The van der Waals surface area contributed by atoms with Crippen molar-refractivity contribution in [1.29, 1.82) is 0 Å². The van der Waals surface area contributed by atoms with Gasteiger partial charge in [-0.3, -0.25) is 4.79 Å². The zero-order valence-corrected chi connectivity index (χ0v) is 16.7. The van der Waals surface area contributed by atoms with Gasteiger partial charge in [0.2, 0.25) is 0 Å². The summed E-state index contributed by atoms with van der Waals surface area (Å²) in [6.45, 7) is 4.20. The van der Waals surface area contributed by atoms with Gasteiger partial charge in [0.15, 0.2) is 11.3 Å². The lowest BCUT2D eigenvalue weighted by Crippen LogP contribution is -2.21. The summed E-state index contributed by atoms with van der Waals surface area (Å²) in [7, 11) is 0. The molecule has 7 heteroatoms. The number of nitrogens with zero attached hydrogens (tertiary/aromatic N) is 1. The van der Waals surface area contributed by atoms with E-state index in [1.54, 1.807) is 34.9 Å². The van der Waals surface area contributed by atoms with Crippen LogP contribution in [0.15, 0.2) is 66.3 Å². The van der Waals surface area contributed by atoms with Crippen LogP contribution in [0, 0.1) is 6.92 Å². The summed E-state index contributed by atoms with van der Waals surface area (Å²) in [6.07, 6.45) is 0. The fourth-order valence-electron chi connectivity index (χ4n) is 3.25. The summed E-state index contributed by atoms with van der Waals surface area (Å²) in [5, 5.41) is 12.0. The molecule has 1 N–H and O–H groups in total. The number of pyridine rings is 1. The van der Waals surface area contributed by atoms with Crippen molar-refractivity contribution in [2.75, 3.05) is 0 Å². The summed E-state index contributed by atoms with van der Waals surface area (Å²) >= 11 is 7.01. The van der Waals surface area contributed by atoms with E-state index in [0.29, 0.717) is 27.4 Å². The number of hydrogen-bond acceptors (Lipinski definition) is 5. The highest BCUT2D eigenvalue weighted by Gasteiger charge is 2.22. The minimum atomic E-state index is -0.703. The van der Waals surface area contributed by atoms with Crippen molar-refractivity contribution < 1.29 is 9.52 Å². The van der Waals surface area contributed by atoms with Gasteiger partial charge in [-0.1, -0.05) is 35.5 Å². The highest BCUT2D eigenvalue weighted by atomic mass is 35.5. The molecule has 0 aliphatic heterocycles. The van der Waals surface area contributed by atoms with Crippen LogP contribution in [0.3, 0.4) is 0 Å². The first-order valence-corrected chi connectivity index (χ1v) is 9.86. The van der Waals surface area contributed by atoms with E-state index in [1.165, 1.54) is 0 Å². The lowest BCUT2D eigenvalue weighted by molar-refractivity contribution is 0.446. The maximum Gasteiger partial charge on any atom is 0.354 e. The van der Waals surface area contributed by atoms with Gasteiger partial charge in [0.05, 0.1) is 5.52 Å². The van der Waals surface area contributed by atoms with Crippen molar-refractivity contribution >= 4 is 45.2 Å². The molecule has 4 aromatic rings. The first-order valence-electron chi connectivity index (χ1n) is 8.67. The van der Waals surface area contributed by atoms with E-state index in [9.17, 15) is 14.7 Å². The predicted octanol–water partition coefficient (Wildman–Crippen LogP) is 4.95. The van der Waals surface area contributed by atoms with Crippen molar-refractivity contribution in [3.05, 3.63) is 73.8 Å². The average Bonchev–Trinajstić information content (AvgIpc) is 2.65. The summed E-state index contributed by atoms with van der Waals surface area (Å²) in [6, 6.07) is 12.4. The molecular weight excluding hydrogens is 398 g/mol. The van der Waals surface area contributed by atoms with Crippen molar-refractivity contribution in [1.82, 2.24) is 4.57 Å². The molecule has 2 aromatic heterocycles. The van der Waals surface area contributed by atoms with Gasteiger partial charge in [-0.15, -0.1) is 0 Å². The van der Waals surface area contributed by atoms with Gasteiger partial charge in [-0.25, -0.2) is 4.79 Å². The predicted molar refractivity (Wildman–Crippen MR) is 112 cm³/mol. The Bertz CT molecular complexity index is 1360. The van der Waals surface area contributed by atoms with E-state index >= 15 is 0 Å². The van der Waals surface area contributed by atoms with E-state index in [-0.39, 0.29) is 21.6 Å². The monoisotopic (exact) mass is 413 g/mol. The van der Waals surface area contributed by atoms with E-state index in [1.807, 2.05) is 26.0 Å². The minimum Gasteiger partial charge on any atom is -0.505 e. The molecule has 0 saturated heterocycles. The maximum atomic E-state index is 13.1. The molecule has 0 amide bonds. The van der Waals surface area contributed by atoms with Crippen LogP contribution in [-0.2, 0) is 6.54 Å². The molecule has 0 radical (unpaired) electrons. The number of benzene rings is 2. The Morgan fingerprint density at radius 2 is 1.96 bits per heavy atom. The molecule has 4 rings (SSSR count). The van der Waals surface area contributed by atoms with Gasteiger partial charge < -0.3 is 14.1 Å². The Kier molecular flexibility index (Phi) is 4.69. The molecule has 142 valence electrons. The fourth-order valence-corrected chi connectivity index (χ4v) is 4.40. The highest BCUT2D eigenvalue weighted by molar-refractivity contribution is 7.99. The Morgan fingerprint density at radius 1 is 1.18 bits per heavy atom. The van der Waals surface area contributed by atoms with Crippen LogP contribution in [0.25, 0.3) is 21.9 Å². The highest BCUT2D eigenvalue weighted by Crippen LogP contribution is 2.37. The third-order valence-electron chi connectivity index (χ3n) is 4.54. The standard InChI is InChI=1S/C21H16ClNO4S/c1-3-23-15-9-11(2)7-8-14(15)18-16(20(23)25)17(24)19(21(26)27-18)28-13-6-4-5-12(22)10-13/h4-10,24H,3H2,1-2H3. The topological polar surface area (TPSA) is 72.4 Å². The van der Waals surface area contributed by atoms with Crippen molar-refractivity contribution in [2.24, 2.45) is 0 Å². The summed E-state index contributed by atoms with van der Waals surface area (Å²) in [4.78, 5) is 26.3. The minimum absolute atomic E-state index is 0.00216. The number of hydrogen-bond donors (Lipinski definition) is 1.